The summed E-state index contributed by atoms with van der Waals surface area (Å²) in [5.74, 6) is -1.08. The lowest BCUT2D eigenvalue weighted by Crippen LogP contribution is -2.41. The first-order chi connectivity index (χ1) is 17.3. The number of carboxylic acid groups (broad SMARTS) is 1. The molecule has 36 heavy (non-hydrogen) atoms. The number of hydrogen-bond donors (Lipinski definition) is 7. The van der Waals surface area contributed by atoms with Crippen molar-refractivity contribution in [2.45, 2.75) is 31.7 Å². The summed E-state index contributed by atoms with van der Waals surface area (Å²) >= 11 is 0. The van der Waals surface area contributed by atoms with Crippen LogP contribution in [-0.4, -0.2) is 59.8 Å². The lowest BCUT2D eigenvalue weighted by Gasteiger charge is -2.14. The number of nitrogens with zero attached hydrogens (tertiary/aromatic N) is 1. The topological polar surface area (TPSA) is 182 Å². The third-order valence-corrected chi connectivity index (χ3v) is 5.85. The number of aliphatic carboxylic acids is 1. The Morgan fingerprint density at radius 3 is 2.47 bits per heavy atom. The van der Waals surface area contributed by atoms with E-state index in [0.29, 0.717) is 24.2 Å². The summed E-state index contributed by atoms with van der Waals surface area (Å²) in [6, 6.07) is 14.3. The van der Waals surface area contributed by atoms with E-state index in [1.54, 1.807) is 0 Å². The number of carboxylic acids is 1. The number of H-pyrrole nitrogens is 1. The van der Waals surface area contributed by atoms with Crippen LogP contribution in [0.2, 0.25) is 0 Å². The normalized spacial score (nSPS) is 12.4. The molecule has 1 amide bonds. The van der Waals surface area contributed by atoms with Crippen molar-refractivity contribution in [1.29, 1.82) is 5.41 Å². The van der Waals surface area contributed by atoms with Crippen LogP contribution in [-0.2, 0) is 9.59 Å². The maximum absolute atomic E-state index is 12.2. The molecule has 0 saturated carbocycles. The highest BCUT2D eigenvalue weighted by Gasteiger charge is 2.19. The van der Waals surface area contributed by atoms with Crippen molar-refractivity contribution in [2.24, 2.45) is 16.5 Å². The number of rotatable bonds is 13. The molecule has 0 aliphatic rings. The molecule has 0 radical (unpaired) electrons. The molecule has 2 aromatic carbocycles. The molecule has 0 aliphatic heterocycles. The molecule has 3 aromatic rings. The van der Waals surface area contributed by atoms with E-state index >= 15 is 0 Å². The Kier molecular flexibility index (Phi) is 9.18. The molecule has 10 nitrogen and oxygen atoms in total. The lowest BCUT2D eigenvalue weighted by molar-refractivity contribution is -0.142. The van der Waals surface area contributed by atoms with E-state index in [9.17, 15) is 14.7 Å². The zero-order valence-corrected chi connectivity index (χ0v) is 20.3. The van der Waals surface area contributed by atoms with E-state index in [-0.39, 0.29) is 24.7 Å². The van der Waals surface area contributed by atoms with E-state index in [0.717, 1.165) is 40.7 Å². The van der Waals surface area contributed by atoms with Gasteiger partial charge < -0.3 is 32.2 Å². The van der Waals surface area contributed by atoms with Crippen molar-refractivity contribution in [2.75, 3.05) is 20.1 Å². The molecular weight excluding hydrogens is 458 g/mol. The summed E-state index contributed by atoms with van der Waals surface area (Å²) in [5, 5.41) is 23.5. The predicted octanol–water partition coefficient (Wildman–Crippen LogP) is 2.17. The van der Waals surface area contributed by atoms with E-state index in [1.807, 2.05) is 55.6 Å². The molecule has 0 fully saturated rings. The summed E-state index contributed by atoms with van der Waals surface area (Å²) in [5.41, 5.74) is 15.8. The molecule has 3 rings (SSSR count). The van der Waals surface area contributed by atoms with Crippen LogP contribution in [0.3, 0.4) is 0 Å². The summed E-state index contributed by atoms with van der Waals surface area (Å²) in [7, 11) is 1.84. The highest BCUT2D eigenvalue weighted by Crippen LogP contribution is 2.25. The van der Waals surface area contributed by atoms with Gasteiger partial charge in [-0.3, -0.25) is 15.2 Å². The third kappa shape index (κ3) is 7.16. The van der Waals surface area contributed by atoms with Gasteiger partial charge in [0.1, 0.15) is 17.7 Å². The van der Waals surface area contributed by atoms with Gasteiger partial charge >= 0.3 is 5.97 Å². The number of aromatic nitrogens is 1. The van der Waals surface area contributed by atoms with Gasteiger partial charge in [0, 0.05) is 34.1 Å². The van der Waals surface area contributed by atoms with Crippen molar-refractivity contribution in [3.05, 3.63) is 59.7 Å². The van der Waals surface area contributed by atoms with E-state index in [4.69, 9.17) is 16.9 Å². The summed E-state index contributed by atoms with van der Waals surface area (Å²) < 4.78 is 0. The van der Waals surface area contributed by atoms with Crippen molar-refractivity contribution in [1.82, 2.24) is 15.6 Å². The first-order valence-electron chi connectivity index (χ1n) is 11.8. The van der Waals surface area contributed by atoms with Crippen LogP contribution in [0, 0.1) is 5.41 Å². The molecule has 10 heteroatoms. The maximum atomic E-state index is 12.2. The molecule has 0 bridgehead atoms. The van der Waals surface area contributed by atoms with Crippen LogP contribution < -0.4 is 22.1 Å². The van der Waals surface area contributed by atoms with E-state index in [2.05, 4.69) is 20.6 Å². The van der Waals surface area contributed by atoms with E-state index in [1.165, 1.54) is 0 Å². The number of aliphatic imine (C=N–C) groups is 1. The van der Waals surface area contributed by atoms with E-state index < -0.39 is 12.0 Å². The Hall–Kier alpha value is -4.18. The van der Waals surface area contributed by atoms with Gasteiger partial charge in [-0.2, -0.15) is 0 Å². The van der Waals surface area contributed by atoms with Crippen molar-refractivity contribution < 1.29 is 14.7 Å². The minimum atomic E-state index is -1.04. The van der Waals surface area contributed by atoms with Gasteiger partial charge in [0.25, 0.3) is 0 Å². The number of nitrogens with two attached hydrogens (primary N) is 2. The van der Waals surface area contributed by atoms with Gasteiger partial charge in [-0.15, -0.1) is 0 Å². The fourth-order valence-electron chi connectivity index (χ4n) is 3.81. The number of unbranched alkanes of at least 4 members (excludes halogenated alkanes) is 1. The Balaban J connectivity index is 1.56. The van der Waals surface area contributed by atoms with Gasteiger partial charge in [0.2, 0.25) is 5.91 Å². The van der Waals surface area contributed by atoms with Gasteiger partial charge in [-0.1, -0.05) is 36.4 Å². The number of carbonyl (C=O) groups excluding carboxylic acids is 1. The number of fused-ring (bicyclic) bond motifs is 1. The lowest BCUT2D eigenvalue weighted by atomic mass is 10.1. The zero-order chi connectivity index (χ0) is 26.1. The molecule has 0 saturated heterocycles. The average Bonchev–Trinajstić information content (AvgIpc) is 3.29. The molecule has 1 atom stereocenters. The van der Waals surface area contributed by atoms with Gasteiger partial charge in [-0.25, -0.2) is 4.79 Å². The second kappa shape index (κ2) is 12.5. The van der Waals surface area contributed by atoms with Gasteiger partial charge in [0.15, 0.2) is 0 Å². The minimum Gasteiger partial charge on any atom is -0.480 e. The fourth-order valence-corrected chi connectivity index (χ4v) is 3.81. The van der Waals surface area contributed by atoms with Crippen LogP contribution in [0.25, 0.3) is 22.2 Å². The molecule has 1 heterocycles. The standard InChI is InChI=1S/C26H33N7O3/c1-30-12-3-2-4-20(26(35)36)33-23(34)11-13-31-25(29)17-7-5-16(6-8-17)21-14-18-9-10-19(24(27)28)15-22(18)32-21/h5-10,14-15,20,30,32H,2-4,11-13H2,1H3,(H3,27,28)(H2,29,31)(H,33,34)(H,35,36). The van der Waals surface area contributed by atoms with Gasteiger partial charge in [0.05, 0.1) is 6.54 Å². The summed E-state index contributed by atoms with van der Waals surface area (Å²) in [6.45, 7) is 0.963. The second-order valence-corrected chi connectivity index (χ2v) is 8.55. The highest BCUT2D eigenvalue weighted by molar-refractivity contribution is 6.00. The van der Waals surface area contributed by atoms with Crippen molar-refractivity contribution >= 4 is 34.5 Å². The summed E-state index contributed by atoms with van der Waals surface area (Å²) in [4.78, 5) is 31.2. The highest BCUT2D eigenvalue weighted by atomic mass is 16.4. The Bertz CT molecular complexity index is 1250. The number of amidine groups is 2. The summed E-state index contributed by atoms with van der Waals surface area (Å²) in [6.07, 6.45) is 1.99. The van der Waals surface area contributed by atoms with Crippen molar-refractivity contribution in [3.63, 3.8) is 0 Å². The first kappa shape index (κ1) is 26.4. The number of hydrogen-bond acceptors (Lipinski definition) is 5. The first-order valence-corrected chi connectivity index (χ1v) is 11.8. The predicted molar refractivity (Wildman–Crippen MR) is 142 cm³/mol. The zero-order valence-electron chi connectivity index (χ0n) is 20.3. The largest absolute Gasteiger partial charge is 0.480 e. The van der Waals surface area contributed by atoms with Crippen LogP contribution in [0.1, 0.15) is 36.8 Å². The molecule has 190 valence electrons. The Morgan fingerprint density at radius 1 is 1.08 bits per heavy atom. The smallest absolute Gasteiger partial charge is 0.326 e. The molecule has 1 unspecified atom stereocenters. The van der Waals surface area contributed by atoms with Crippen LogP contribution in [0.5, 0.6) is 0 Å². The maximum Gasteiger partial charge on any atom is 0.326 e. The van der Waals surface area contributed by atoms with Crippen LogP contribution in [0.4, 0.5) is 0 Å². The molecule has 1 aromatic heterocycles. The average molecular weight is 492 g/mol. The molecule has 9 N–H and O–H groups in total. The number of carbonyl (C=O) groups is 2. The van der Waals surface area contributed by atoms with Gasteiger partial charge in [-0.05, 0) is 50.6 Å². The number of amides is 1. The fraction of sp³-hybridized carbons (Fsp3) is 0.308. The number of aromatic amines is 1. The van der Waals surface area contributed by atoms with Crippen LogP contribution >= 0.6 is 0 Å². The second-order valence-electron chi connectivity index (χ2n) is 8.55. The molecular formula is C26H33N7O3. The quantitative estimate of drug-likeness (QED) is 0.109. The third-order valence-electron chi connectivity index (χ3n) is 5.85. The Morgan fingerprint density at radius 2 is 1.81 bits per heavy atom. The Labute approximate surface area is 209 Å². The number of nitrogens with one attached hydrogen (secondary N) is 4. The van der Waals surface area contributed by atoms with Crippen LogP contribution in [0.15, 0.2) is 53.5 Å². The molecule has 0 aliphatic carbocycles. The monoisotopic (exact) mass is 491 g/mol. The number of nitrogen functional groups attached to an aromatic ring is 1. The molecule has 0 spiro atoms. The van der Waals surface area contributed by atoms with Crippen molar-refractivity contribution in [3.8, 4) is 11.3 Å². The number of benzene rings is 2. The minimum absolute atomic E-state index is 0.0199. The SMILES string of the molecule is CNCCCCC(NC(=O)CCN=C(N)c1ccc(-c2cc3ccc(C(=N)N)cc3[nH]2)cc1)C(=O)O.